The first-order chi connectivity index (χ1) is 50.7. The van der Waals surface area contributed by atoms with E-state index in [1.807, 2.05) is 30.4 Å². The molecule has 0 aliphatic rings. The fourth-order valence-electron chi connectivity index (χ4n) is 9.48. The summed E-state index contributed by atoms with van der Waals surface area (Å²) in [4.78, 5) is 72.8. The molecule has 0 heterocycles. The minimum atomic E-state index is -5.02. The summed E-state index contributed by atoms with van der Waals surface area (Å²) in [6.45, 7) is 4.32. The van der Waals surface area contributed by atoms with Gasteiger partial charge in [-0.15, -0.1) is 0 Å². The van der Waals surface area contributed by atoms with E-state index in [0.29, 0.717) is 32.1 Å². The third-order valence-corrected chi connectivity index (χ3v) is 17.3. The second-order valence-corrected chi connectivity index (χ2v) is 28.1. The van der Waals surface area contributed by atoms with E-state index in [4.69, 9.17) is 37.0 Å². The first kappa shape index (κ1) is 98.2. The molecule has 0 spiro atoms. The molecular weight excluding hydrogens is 1350 g/mol. The molecular formula is C85H136O17P2. The quantitative estimate of drug-likeness (QED) is 0.0169. The minimum Gasteiger partial charge on any atom is -0.462 e. The van der Waals surface area contributed by atoms with Crippen molar-refractivity contribution < 1.29 is 80.2 Å². The molecule has 0 aromatic heterocycles. The van der Waals surface area contributed by atoms with Crippen LogP contribution in [0.4, 0.5) is 0 Å². The average molecular weight is 1490 g/mol. The monoisotopic (exact) mass is 1490 g/mol. The molecule has 104 heavy (non-hydrogen) atoms. The molecule has 0 aliphatic heterocycles. The van der Waals surface area contributed by atoms with Gasteiger partial charge in [0.15, 0.2) is 12.2 Å². The van der Waals surface area contributed by atoms with Crippen molar-refractivity contribution in [2.45, 2.75) is 290 Å². The van der Waals surface area contributed by atoms with Gasteiger partial charge in [-0.3, -0.25) is 37.3 Å². The van der Waals surface area contributed by atoms with Crippen LogP contribution in [-0.4, -0.2) is 96.7 Å². The third kappa shape index (κ3) is 74.4. The van der Waals surface area contributed by atoms with Crippen molar-refractivity contribution in [1.29, 1.82) is 0 Å². The summed E-state index contributed by atoms with van der Waals surface area (Å²) >= 11 is 0. The Labute approximate surface area is 628 Å². The molecule has 588 valence electrons. The van der Waals surface area contributed by atoms with Gasteiger partial charge in [0.2, 0.25) is 0 Å². The van der Waals surface area contributed by atoms with Crippen LogP contribution in [0.2, 0.25) is 0 Å². The molecule has 0 saturated carbocycles. The maximum absolute atomic E-state index is 13.1. The molecule has 3 N–H and O–H groups in total. The summed E-state index contributed by atoms with van der Waals surface area (Å²) in [5.74, 6) is -2.47. The Balaban J connectivity index is 5.47. The van der Waals surface area contributed by atoms with Crippen LogP contribution in [0.25, 0.3) is 0 Å². The molecule has 0 aliphatic carbocycles. The number of rotatable bonds is 71. The summed E-state index contributed by atoms with van der Waals surface area (Å²) in [7, 11) is -10.0. The zero-order chi connectivity index (χ0) is 76.0. The number of allylic oxidation sites excluding steroid dienone is 29. The van der Waals surface area contributed by atoms with Gasteiger partial charge in [-0.2, -0.15) is 0 Å². The topological polar surface area (TPSA) is 237 Å². The van der Waals surface area contributed by atoms with Crippen LogP contribution in [0.3, 0.4) is 0 Å². The lowest BCUT2D eigenvalue weighted by Crippen LogP contribution is -2.30. The van der Waals surface area contributed by atoms with Crippen LogP contribution in [-0.2, 0) is 65.4 Å². The van der Waals surface area contributed by atoms with Crippen molar-refractivity contribution in [2.24, 2.45) is 0 Å². The number of phosphoric ester groups is 2. The van der Waals surface area contributed by atoms with Crippen LogP contribution in [0.15, 0.2) is 182 Å². The summed E-state index contributed by atoms with van der Waals surface area (Å²) in [6.07, 6.45) is 90.8. The third-order valence-electron chi connectivity index (χ3n) is 15.4. The van der Waals surface area contributed by atoms with Gasteiger partial charge in [0.1, 0.15) is 19.3 Å². The number of esters is 4. The highest BCUT2D eigenvalue weighted by atomic mass is 31.2. The lowest BCUT2D eigenvalue weighted by Gasteiger charge is -2.21. The second-order valence-electron chi connectivity index (χ2n) is 25.2. The Morgan fingerprint density at radius 1 is 0.288 bits per heavy atom. The number of hydrogen-bond acceptors (Lipinski definition) is 15. The van der Waals surface area contributed by atoms with Gasteiger partial charge in [0, 0.05) is 19.3 Å². The Bertz CT molecular complexity index is 2690. The number of carbonyl (C=O) groups is 4. The van der Waals surface area contributed by atoms with Gasteiger partial charge in [0.05, 0.1) is 32.8 Å². The van der Waals surface area contributed by atoms with Crippen molar-refractivity contribution >= 4 is 39.5 Å². The summed E-state index contributed by atoms with van der Waals surface area (Å²) in [6, 6.07) is 0. The Hall–Kier alpha value is -5.84. The number of phosphoric acid groups is 2. The number of unbranched alkanes of at least 4 members (excludes halogenated alkanes) is 16. The molecule has 0 fully saturated rings. The van der Waals surface area contributed by atoms with E-state index in [1.165, 1.54) is 25.7 Å². The molecule has 19 heteroatoms. The molecule has 0 saturated heterocycles. The van der Waals surface area contributed by atoms with E-state index >= 15 is 0 Å². The first-order valence-electron chi connectivity index (χ1n) is 39.0. The minimum absolute atomic E-state index is 0.0261. The maximum atomic E-state index is 13.1. The maximum Gasteiger partial charge on any atom is 0.472 e. The van der Waals surface area contributed by atoms with Crippen molar-refractivity contribution in [3.05, 3.63) is 182 Å². The lowest BCUT2D eigenvalue weighted by molar-refractivity contribution is -0.161. The fourth-order valence-corrected chi connectivity index (χ4v) is 11.1. The van der Waals surface area contributed by atoms with E-state index in [0.717, 1.165) is 161 Å². The predicted molar refractivity (Wildman–Crippen MR) is 426 cm³/mol. The average Bonchev–Trinajstić information content (AvgIpc) is 0.931. The van der Waals surface area contributed by atoms with E-state index in [1.54, 1.807) is 12.2 Å². The Kier molecular flexibility index (Phi) is 71.2. The van der Waals surface area contributed by atoms with Crippen molar-refractivity contribution in [1.82, 2.24) is 0 Å². The van der Waals surface area contributed by atoms with Crippen LogP contribution in [0, 0.1) is 0 Å². The fraction of sp³-hybridized carbons (Fsp3) is 0.600. The highest BCUT2D eigenvalue weighted by Crippen LogP contribution is 2.45. The largest absolute Gasteiger partial charge is 0.472 e. The summed E-state index contributed by atoms with van der Waals surface area (Å²) in [5.41, 5.74) is 0. The van der Waals surface area contributed by atoms with Crippen LogP contribution >= 0.6 is 15.6 Å². The van der Waals surface area contributed by atoms with Crippen LogP contribution in [0.5, 0.6) is 0 Å². The van der Waals surface area contributed by atoms with E-state index < -0.39 is 97.5 Å². The van der Waals surface area contributed by atoms with E-state index in [-0.39, 0.29) is 25.7 Å². The number of hydrogen-bond donors (Lipinski definition) is 3. The molecule has 17 nitrogen and oxygen atoms in total. The van der Waals surface area contributed by atoms with Gasteiger partial charge < -0.3 is 33.8 Å². The standard InChI is InChI=1S/C85H136O17P2/c1-5-9-13-17-21-25-29-32-35-37-39-41-44-46-50-53-57-61-65-69-82(87)95-75-80(101-84(89)71-67-63-59-55-49-28-24-20-16-12-8-4)77-99-103(91,92)97-73-79(86)74-98-104(93,94)100-78-81(102-85(90)72-68-64-60-56-52-48-43-34-31-27-23-19-15-11-7-3)76-96-83(88)70-66-62-58-54-51-47-45-42-40-38-36-33-30-26-22-18-14-10-6-2/h9,11,13,15,20-27,32-36,39-43,46,50,52,56-57,61,64,68,79-81,86H,5-8,10,12,14,16-19,28-31,37-38,44-45,47-49,51,53-55,58-60,62-63,65-67,69-78H2,1-4H3,(H,91,92)(H,93,94)/b13-9-,15-11-,24-20-,25-21-,26-22-,27-23-,35-32-,36-33-,41-39-,42-40-,43-34-,50-46-,56-52-,61-57-,68-64-. The number of ether oxygens (including phenoxy) is 4. The van der Waals surface area contributed by atoms with Gasteiger partial charge in [-0.25, -0.2) is 9.13 Å². The van der Waals surface area contributed by atoms with Crippen LogP contribution in [0.1, 0.15) is 272 Å². The van der Waals surface area contributed by atoms with Gasteiger partial charge in [-0.1, -0.05) is 281 Å². The Morgan fingerprint density at radius 3 is 0.952 bits per heavy atom. The normalized spacial score (nSPS) is 14.9. The lowest BCUT2D eigenvalue weighted by atomic mass is 10.1. The van der Waals surface area contributed by atoms with Gasteiger partial charge in [0.25, 0.3) is 0 Å². The zero-order valence-corrected chi connectivity index (χ0v) is 65.9. The first-order valence-corrected chi connectivity index (χ1v) is 42.0. The number of aliphatic hydroxyl groups excluding tert-OH is 1. The van der Waals surface area contributed by atoms with Crippen molar-refractivity contribution in [3.63, 3.8) is 0 Å². The van der Waals surface area contributed by atoms with Crippen molar-refractivity contribution in [2.75, 3.05) is 39.6 Å². The molecule has 0 aromatic carbocycles. The Morgan fingerprint density at radius 2 is 0.567 bits per heavy atom. The SMILES string of the molecule is CC/C=C\C/C=C\C/C=C\C/C=C\C/C=C\C/C=C\CCC(=O)OCC(COP(=O)(O)OCC(O)COP(=O)(O)OCC(COC(=O)CCCCCCCC/C=C\C/C=C\C/C=C\CCCCC)OC(=O)C/C=C\C/C=C\C/C=C\C/C=C\C/C=C\CC)OC(=O)CCCCCCC/C=C\CCCC. The molecule has 5 atom stereocenters. The van der Waals surface area contributed by atoms with Gasteiger partial charge in [-0.05, 0) is 148 Å². The molecule has 0 rings (SSSR count). The molecule has 0 radical (unpaired) electrons. The number of aliphatic hydroxyl groups is 1. The van der Waals surface area contributed by atoms with Crippen LogP contribution < -0.4 is 0 Å². The smallest absolute Gasteiger partial charge is 0.462 e. The molecule has 0 amide bonds. The van der Waals surface area contributed by atoms with Crippen molar-refractivity contribution in [3.8, 4) is 0 Å². The molecule has 0 aromatic rings. The number of carbonyl (C=O) groups excluding carboxylic acids is 4. The molecule has 5 unspecified atom stereocenters. The van der Waals surface area contributed by atoms with Gasteiger partial charge >= 0.3 is 39.5 Å². The molecule has 0 bridgehead atoms. The highest BCUT2D eigenvalue weighted by Gasteiger charge is 2.30. The summed E-state index contributed by atoms with van der Waals surface area (Å²) in [5, 5.41) is 10.6. The van der Waals surface area contributed by atoms with E-state index in [9.17, 15) is 43.2 Å². The van der Waals surface area contributed by atoms with E-state index in [2.05, 4.69) is 167 Å². The zero-order valence-electron chi connectivity index (χ0n) is 64.1. The highest BCUT2D eigenvalue weighted by molar-refractivity contribution is 7.47. The predicted octanol–water partition coefficient (Wildman–Crippen LogP) is 22.8. The second kappa shape index (κ2) is 75.4. The summed E-state index contributed by atoms with van der Waals surface area (Å²) < 4.78 is 68.2.